The molecule has 0 aliphatic heterocycles. The number of hydrogen-bond donors (Lipinski definition) is 2. The van der Waals surface area contributed by atoms with Crippen molar-refractivity contribution in [1.29, 1.82) is 0 Å². The summed E-state index contributed by atoms with van der Waals surface area (Å²) >= 11 is 0. The molecular formula is C7H14F3NO2. The second-order valence-electron chi connectivity index (χ2n) is 2.76. The van der Waals surface area contributed by atoms with E-state index in [1.807, 2.05) is 0 Å². The lowest BCUT2D eigenvalue weighted by Gasteiger charge is -2.17. The molecule has 3 nitrogen and oxygen atoms in total. The predicted molar refractivity (Wildman–Crippen MR) is 41.4 cm³/mol. The third kappa shape index (κ3) is 5.84. The van der Waals surface area contributed by atoms with Crippen LogP contribution in [0.3, 0.4) is 0 Å². The molecule has 2 atom stereocenters. The van der Waals surface area contributed by atoms with E-state index in [-0.39, 0.29) is 6.10 Å². The molecule has 2 unspecified atom stereocenters. The first-order chi connectivity index (χ1) is 5.88. The highest BCUT2D eigenvalue weighted by Crippen LogP contribution is 2.20. The summed E-state index contributed by atoms with van der Waals surface area (Å²) in [4.78, 5) is 0. The minimum Gasteiger partial charge on any atom is -0.382 e. The Morgan fingerprint density at radius 1 is 1.46 bits per heavy atom. The molecule has 0 aliphatic carbocycles. The Hall–Kier alpha value is -0.330. The van der Waals surface area contributed by atoms with Crippen LogP contribution in [0.5, 0.6) is 0 Å². The Balaban J connectivity index is 3.63. The maximum Gasteiger partial charge on any atom is 0.416 e. The highest BCUT2D eigenvalue weighted by Gasteiger charge is 2.38. The summed E-state index contributed by atoms with van der Waals surface area (Å²) in [7, 11) is 1.67. The molecule has 0 rings (SSSR count). The van der Waals surface area contributed by atoms with E-state index in [2.05, 4.69) is 5.32 Å². The molecule has 0 aliphatic rings. The molecule has 2 N–H and O–H groups in total. The maximum atomic E-state index is 11.7. The maximum absolute atomic E-state index is 11.7. The fraction of sp³-hybridized carbons (Fsp3) is 1.00. The van der Waals surface area contributed by atoms with Crippen LogP contribution in [-0.2, 0) is 4.74 Å². The van der Waals surface area contributed by atoms with E-state index in [4.69, 9.17) is 9.84 Å². The predicted octanol–water partition coefficient (Wildman–Crippen LogP) is 0.534. The number of aliphatic hydroxyl groups is 1. The third-order valence-corrected chi connectivity index (χ3v) is 1.41. The molecule has 0 saturated heterocycles. The molecule has 0 aromatic rings. The molecule has 0 radical (unpaired) electrons. The fourth-order valence-corrected chi connectivity index (χ4v) is 0.696. The molecule has 6 heteroatoms. The Labute approximate surface area is 74.9 Å². The molecule has 0 spiro atoms. The lowest BCUT2D eigenvalue weighted by molar-refractivity contribution is -0.220. The van der Waals surface area contributed by atoms with Crippen LogP contribution in [0.4, 0.5) is 13.2 Å². The number of likely N-dealkylation sites (N-methyl/N-ethyl adjacent to an activating group) is 1. The Morgan fingerprint density at radius 2 is 2.00 bits per heavy atom. The van der Waals surface area contributed by atoms with E-state index >= 15 is 0 Å². The van der Waals surface area contributed by atoms with Crippen LogP contribution >= 0.6 is 0 Å². The number of ether oxygens (including phenoxy) is 1. The van der Waals surface area contributed by atoms with Gasteiger partial charge in [0.25, 0.3) is 0 Å². The van der Waals surface area contributed by atoms with Gasteiger partial charge in [0.15, 0.2) is 6.10 Å². The average molecular weight is 201 g/mol. The van der Waals surface area contributed by atoms with Crippen molar-refractivity contribution in [2.24, 2.45) is 0 Å². The van der Waals surface area contributed by atoms with E-state index in [0.29, 0.717) is 6.54 Å². The summed E-state index contributed by atoms with van der Waals surface area (Å²) in [5, 5.41) is 11.3. The number of aliphatic hydroxyl groups excluding tert-OH is 1. The summed E-state index contributed by atoms with van der Waals surface area (Å²) in [6, 6.07) is 0. The van der Waals surface area contributed by atoms with Crippen molar-refractivity contribution in [3.8, 4) is 0 Å². The van der Waals surface area contributed by atoms with Crippen LogP contribution in [0.2, 0.25) is 0 Å². The van der Waals surface area contributed by atoms with Crippen molar-refractivity contribution in [3.05, 3.63) is 0 Å². The van der Waals surface area contributed by atoms with Crippen molar-refractivity contribution in [2.75, 3.05) is 20.2 Å². The molecule has 80 valence electrons. The van der Waals surface area contributed by atoms with Crippen molar-refractivity contribution >= 4 is 0 Å². The molecule has 0 heterocycles. The van der Waals surface area contributed by atoms with Gasteiger partial charge in [0.05, 0.1) is 12.7 Å². The van der Waals surface area contributed by atoms with Gasteiger partial charge in [-0.15, -0.1) is 0 Å². The Bertz CT molecular complexity index is 140. The zero-order valence-corrected chi connectivity index (χ0v) is 7.56. The van der Waals surface area contributed by atoms with Crippen molar-refractivity contribution in [3.63, 3.8) is 0 Å². The summed E-state index contributed by atoms with van der Waals surface area (Å²) in [6.07, 6.45) is -7.34. The minimum absolute atomic E-state index is 0.345. The summed E-state index contributed by atoms with van der Waals surface area (Å²) in [5.41, 5.74) is 0. The number of halogens is 3. The first kappa shape index (κ1) is 12.7. The van der Waals surface area contributed by atoms with Gasteiger partial charge in [-0.25, -0.2) is 0 Å². The molecule has 0 aromatic carbocycles. The largest absolute Gasteiger partial charge is 0.416 e. The quantitative estimate of drug-likeness (QED) is 0.682. The van der Waals surface area contributed by atoms with Gasteiger partial charge in [0, 0.05) is 6.54 Å². The van der Waals surface area contributed by atoms with E-state index in [1.54, 1.807) is 14.0 Å². The van der Waals surface area contributed by atoms with E-state index in [1.165, 1.54) is 0 Å². The first-order valence-corrected chi connectivity index (χ1v) is 3.89. The van der Waals surface area contributed by atoms with Crippen molar-refractivity contribution in [1.82, 2.24) is 5.32 Å². The smallest absolute Gasteiger partial charge is 0.382 e. The second kappa shape index (κ2) is 5.41. The van der Waals surface area contributed by atoms with Gasteiger partial charge in [-0.3, -0.25) is 0 Å². The first-order valence-electron chi connectivity index (χ1n) is 3.89. The standard InChI is InChI=1S/C7H14F3NO2/c1-5(3-11-2)13-4-6(12)7(8,9)10/h5-6,11-12H,3-4H2,1-2H3. The average Bonchev–Trinajstić information content (AvgIpc) is 1.99. The van der Waals surface area contributed by atoms with Gasteiger partial charge < -0.3 is 15.2 Å². The Kier molecular flexibility index (Phi) is 5.27. The molecule has 0 bridgehead atoms. The third-order valence-electron chi connectivity index (χ3n) is 1.41. The van der Waals surface area contributed by atoms with E-state index in [0.717, 1.165) is 0 Å². The highest BCUT2D eigenvalue weighted by molar-refractivity contribution is 4.65. The van der Waals surface area contributed by atoms with E-state index < -0.39 is 18.9 Å². The molecule has 0 fully saturated rings. The Morgan fingerprint density at radius 3 is 2.38 bits per heavy atom. The molecule has 0 saturated carbocycles. The van der Waals surface area contributed by atoms with Gasteiger partial charge in [-0.1, -0.05) is 0 Å². The summed E-state index contributed by atoms with van der Waals surface area (Å²) in [5.74, 6) is 0. The lowest BCUT2D eigenvalue weighted by Crippen LogP contribution is -2.35. The number of hydrogen-bond acceptors (Lipinski definition) is 3. The van der Waals surface area contributed by atoms with Crippen LogP contribution in [-0.4, -0.2) is 43.7 Å². The molecule has 0 amide bonds. The minimum atomic E-state index is -4.60. The topological polar surface area (TPSA) is 41.5 Å². The SMILES string of the molecule is CNCC(C)OCC(O)C(F)(F)F. The van der Waals surface area contributed by atoms with Crippen LogP contribution in [0.25, 0.3) is 0 Å². The highest BCUT2D eigenvalue weighted by atomic mass is 19.4. The van der Waals surface area contributed by atoms with Crippen LogP contribution in [0, 0.1) is 0 Å². The zero-order valence-electron chi connectivity index (χ0n) is 7.56. The summed E-state index contributed by atoms with van der Waals surface area (Å²) < 4.78 is 40.0. The molecular weight excluding hydrogens is 187 g/mol. The number of rotatable bonds is 5. The zero-order chi connectivity index (χ0) is 10.5. The van der Waals surface area contributed by atoms with Crippen molar-refractivity contribution in [2.45, 2.75) is 25.3 Å². The number of nitrogens with one attached hydrogen (secondary N) is 1. The molecule has 13 heavy (non-hydrogen) atoms. The fourth-order valence-electron chi connectivity index (χ4n) is 0.696. The van der Waals surface area contributed by atoms with Crippen LogP contribution < -0.4 is 5.32 Å². The van der Waals surface area contributed by atoms with E-state index in [9.17, 15) is 13.2 Å². The molecule has 0 aromatic heterocycles. The lowest BCUT2D eigenvalue weighted by atomic mass is 10.3. The monoisotopic (exact) mass is 201 g/mol. The van der Waals surface area contributed by atoms with Gasteiger partial charge in [-0.2, -0.15) is 13.2 Å². The van der Waals surface area contributed by atoms with Gasteiger partial charge in [-0.05, 0) is 14.0 Å². The van der Waals surface area contributed by atoms with Crippen molar-refractivity contribution < 1.29 is 23.0 Å². The number of alkyl halides is 3. The van der Waals surface area contributed by atoms with Crippen LogP contribution in [0.15, 0.2) is 0 Å². The van der Waals surface area contributed by atoms with Gasteiger partial charge in [0.2, 0.25) is 0 Å². The second-order valence-corrected chi connectivity index (χ2v) is 2.76. The normalized spacial score (nSPS) is 17.1. The van der Waals surface area contributed by atoms with Gasteiger partial charge >= 0.3 is 6.18 Å². The van der Waals surface area contributed by atoms with Gasteiger partial charge in [0.1, 0.15) is 0 Å². The summed E-state index contributed by atoms with van der Waals surface area (Å²) in [6.45, 7) is 1.36. The van der Waals surface area contributed by atoms with Crippen LogP contribution in [0.1, 0.15) is 6.92 Å².